The summed E-state index contributed by atoms with van der Waals surface area (Å²) < 4.78 is 27.6. The number of rotatable bonds is 5. The van der Waals surface area contributed by atoms with Gasteiger partial charge in [-0.05, 0) is 42.9 Å². The van der Waals surface area contributed by atoms with Gasteiger partial charge in [-0.1, -0.05) is 6.07 Å². The van der Waals surface area contributed by atoms with Crippen LogP contribution in [0.3, 0.4) is 0 Å². The van der Waals surface area contributed by atoms with Gasteiger partial charge >= 0.3 is 0 Å². The van der Waals surface area contributed by atoms with Gasteiger partial charge in [0.25, 0.3) is 10.0 Å². The van der Waals surface area contributed by atoms with Crippen molar-refractivity contribution in [1.82, 2.24) is 24.2 Å². The van der Waals surface area contributed by atoms with E-state index in [9.17, 15) is 8.42 Å². The van der Waals surface area contributed by atoms with Crippen LogP contribution in [0.5, 0.6) is 0 Å². The summed E-state index contributed by atoms with van der Waals surface area (Å²) in [5.41, 5.74) is 3.94. The molecule has 0 radical (unpaired) electrons. The van der Waals surface area contributed by atoms with Crippen LogP contribution in [0.2, 0.25) is 0 Å². The second-order valence-electron chi connectivity index (χ2n) is 5.89. The smallest absolute Gasteiger partial charge is 0.269 e. The lowest BCUT2D eigenvalue weighted by Gasteiger charge is -2.10. The number of imidazole rings is 1. The first-order valence-electron chi connectivity index (χ1n) is 8.04. The lowest BCUT2D eigenvalue weighted by atomic mass is 10.1. The minimum absolute atomic E-state index is 0.149. The summed E-state index contributed by atoms with van der Waals surface area (Å²) in [6.45, 7) is 0.564. The number of H-pyrrole nitrogens is 1. The number of fused-ring (bicyclic) bond motifs is 1. The third kappa shape index (κ3) is 2.79. The fourth-order valence-electron chi connectivity index (χ4n) is 2.92. The summed E-state index contributed by atoms with van der Waals surface area (Å²) in [4.78, 5) is 11.4. The van der Waals surface area contributed by atoms with E-state index in [1.807, 2.05) is 31.3 Å². The molecule has 3 heterocycles. The second-order valence-corrected chi connectivity index (χ2v) is 7.70. The van der Waals surface area contributed by atoms with Gasteiger partial charge in [0.1, 0.15) is 4.90 Å². The first-order valence-corrected chi connectivity index (χ1v) is 9.48. The van der Waals surface area contributed by atoms with E-state index >= 15 is 0 Å². The fourth-order valence-corrected chi connectivity index (χ4v) is 4.28. The van der Waals surface area contributed by atoms with Gasteiger partial charge in [-0.3, -0.25) is 4.98 Å². The zero-order valence-corrected chi connectivity index (χ0v) is 14.9. The number of benzene rings is 1. The molecule has 8 heteroatoms. The molecule has 0 atom stereocenters. The molecular formula is C18H17N5O2S. The maximum atomic E-state index is 13.1. The monoisotopic (exact) mass is 367 g/mol. The van der Waals surface area contributed by atoms with Gasteiger partial charge in [0.05, 0.1) is 23.1 Å². The molecule has 0 amide bonds. The number of hydrogen-bond donors (Lipinski definition) is 2. The Kier molecular flexibility index (Phi) is 4.06. The Labute approximate surface area is 150 Å². The molecule has 0 bridgehead atoms. The molecule has 1 aromatic carbocycles. The van der Waals surface area contributed by atoms with Crippen LogP contribution in [0.25, 0.3) is 22.3 Å². The van der Waals surface area contributed by atoms with Crippen LogP contribution in [0.4, 0.5) is 0 Å². The average Bonchev–Trinajstić information content (AvgIpc) is 3.29. The molecule has 2 N–H and O–H groups in total. The zero-order valence-electron chi connectivity index (χ0n) is 14.0. The summed E-state index contributed by atoms with van der Waals surface area (Å²) in [6, 6.07) is 10.7. The second kappa shape index (κ2) is 6.40. The maximum absolute atomic E-state index is 13.1. The maximum Gasteiger partial charge on any atom is 0.269 e. The van der Waals surface area contributed by atoms with Gasteiger partial charge in [-0.2, -0.15) is 0 Å². The molecule has 0 aliphatic rings. The third-order valence-corrected chi connectivity index (χ3v) is 5.79. The summed E-state index contributed by atoms with van der Waals surface area (Å²) in [6.07, 6.45) is 6.17. The van der Waals surface area contributed by atoms with Crippen LogP contribution in [0.15, 0.2) is 66.2 Å². The molecule has 0 fully saturated rings. The SMILES string of the molecule is CNCc1cc(-c2ccc3nc[nH]c3c2)n(S(=O)(=O)c2cccnc2)c1. The van der Waals surface area contributed by atoms with Crippen LogP contribution in [0.1, 0.15) is 5.56 Å². The van der Waals surface area contributed by atoms with Crippen LogP contribution < -0.4 is 5.32 Å². The van der Waals surface area contributed by atoms with E-state index in [0.717, 1.165) is 22.2 Å². The van der Waals surface area contributed by atoms with Gasteiger partial charge in [0.15, 0.2) is 0 Å². The molecule has 3 aromatic heterocycles. The molecule has 7 nitrogen and oxygen atoms in total. The Balaban J connectivity index is 1.91. The van der Waals surface area contributed by atoms with Gasteiger partial charge in [-0.15, -0.1) is 0 Å². The molecule has 4 aromatic rings. The highest BCUT2D eigenvalue weighted by molar-refractivity contribution is 7.90. The molecule has 0 spiro atoms. The Morgan fingerprint density at radius 3 is 2.88 bits per heavy atom. The summed E-state index contributed by atoms with van der Waals surface area (Å²) in [7, 11) is -1.93. The number of nitrogens with zero attached hydrogens (tertiary/aromatic N) is 3. The van der Waals surface area contributed by atoms with Crippen molar-refractivity contribution in [3.63, 3.8) is 0 Å². The van der Waals surface area contributed by atoms with Crippen molar-refractivity contribution in [3.8, 4) is 11.3 Å². The predicted octanol–water partition coefficient (Wildman–Crippen LogP) is 2.38. The molecule has 0 saturated carbocycles. The predicted molar refractivity (Wildman–Crippen MR) is 99.1 cm³/mol. The minimum Gasteiger partial charge on any atom is -0.345 e. The average molecular weight is 367 g/mol. The van der Waals surface area contributed by atoms with Crippen molar-refractivity contribution in [2.24, 2.45) is 0 Å². The third-order valence-electron chi connectivity index (χ3n) is 4.13. The number of nitrogens with one attached hydrogen (secondary N) is 2. The number of pyridine rings is 1. The van der Waals surface area contributed by atoms with E-state index in [1.54, 1.807) is 30.9 Å². The van der Waals surface area contributed by atoms with Crippen molar-refractivity contribution < 1.29 is 8.42 Å². The van der Waals surface area contributed by atoms with E-state index < -0.39 is 10.0 Å². The molecule has 26 heavy (non-hydrogen) atoms. The van der Waals surface area contributed by atoms with Gasteiger partial charge in [0, 0.05) is 30.7 Å². The van der Waals surface area contributed by atoms with E-state index in [1.165, 1.54) is 10.2 Å². The standard InChI is InChI=1S/C18H17N5O2S/c1-19-9-13-7-18(14-4-5-16-17(8-14)22-12-21-16)23(11-13)26(24,25)15-3-2-6-20-10-15/h2-8,10-12,19H,9H2,1H3,(H,21,22). The van der Waals surface area contributed by atoms with E-state index in [2.05, 4.69) is 20.3 Å². The highest BCUT2D eigenvalue weighted by atomic mass is 32.2. The van der Waals surface area contributed by atoms with Crippen LogP contribution in [0, 0.1) is 0 Å². The van der Waals surface area contributed by atoms with Crippen molar-refractivity contribution in [1.29, 1.82) is 0 Å². The molecule has 4 rings (SSSR count). The number of aromatic nitrogens is 4. The fraction of sp³-hybridized carbons (Fsp3) is 0.111. The Morgan fingerprint density at radius 2 is 2.12 bits per heavy atom. The van der Waals surface area contributed by atoms with Crippen LogP contribution in [-0.2, 0) is 16.6 Å². The number of hydrogen-bond acceptors (Lipinski definition) is 5. The van der Waals surface area contributed by atoms with Crippen molar-refractivity contribution >= 4 is 21.1 Å². The quantitative estimate of drug-likeness (QED) is 0.565. The first-order chi connectivity index (χ1) is 12.6. The molecule has 0 aliphatic carbocycles. The molecule has 0 saturated heterocycles. The van der Waals surface area contributed by atoms with Crippen molar-refractivity contribution in [2.45, 2.75) is 11.4 Å². The summed E-state index contributed by atoms with van der Waals surface area (Å²) >= 11 is 0. The topological polar surface area (TPSA) is 92.7 Å². The molecule has 0 unspecified atom stereocenters. The highest BCUT2D eigenvalue weighted by Gasteiger charge is 2.22. The van der Waals surface area contributed by atoms with Crippen LogP contribution >= 0.6 is 0 Å². The van der Waals surface area contributed by atoms with Crippen molar-refractivity contribution in [2.75, 3.05) is 7.05 Å². The van der Waals surface area contributed by atoms with E-state index in [4.69, 9.17) is 0 Å². The molecular weight excluding hydrogens is 350 g/mol. The highest BCUT2D eigenvalue weighted by Crippen LogP contribution is 2.28. The lowest BCUT2D eigenvalue weighted by molar-refractivity contribution is 0.587. The van der Waals surface area contributed by atoms with E-state index in [0.29, 0.717) is 12.2 Å². The van der Waals surface area contributed by atoms with Gasteiger partial charge in [-0.25, -0.2) is 17.4 Å². The zero-order chi connectivity index (χ0) is 18.1. The lowest BCUT2D eigenvalue weighted by Crippen LogP contribution is -2.13. The largest absolute Gasteiger partial charge is 0.345 e. The van der Waals surface area contributed by atoms with Crippen molar-refractivity contribution in [3.05, 3.63) is 66.9 Å². The minimum atomic E-state index is -3.75. The Hall–Kier alpha value is -2.97. The molecule has 132 valence electrons. The van der Waals surface area contributed by atoms with Gasteiger partial charge < -0.3 is 10.3 Å². The first kappa shape index (κ1) is 16.5. The summed E-state index contributed by atoms with van der Waals surface area (Å²) in [5.74, 6) is 0. The van der Waals surface area contributed by atoms with Gasteiger partial charge in [0.2, 0.25) is 0 Å². The Morgan fingerprint density at radius 1 is 1.23 bits per heavy atom. The van der Waals surface area contributed by atoms with Crippen LogP contribution in [-0.4, -0.2) is 34.4 Å². The molecule has 0 aliphatic heterocycles. The van der Waals surface area contributed by atoms with E-state index in [-0.39, 0.29) is 4.90 Å². The number of aromatic amines is 1. The normalized spacial score (nSPS) is 11.9. The Bertz CT molecular complexity index is 1160. The summed E-state index contributed by atoms with van der Waals surface area (Å²) in [5, 5.41) is 3.06.